The molecule has 4 N–H and O–H groups in total. The van der Waals surface area contributed by atoms with Gasteiger partial charge in [-0.05, 0) is 24.1 Å². The first-order chi connectivity index (χ1) is 9.89. The van der Waals surface area contributed by atoms with Crippen molar-refractivity contribution in [1.82, 2.24) is 10.0 Å². The normalized spacial score (nSPS) is 12.9. The topological polar surface area (TPSA) is 101 Å². The van der Waals surface area contributed by atoms with Crippen LogP contribution in [0.4, 0.5) is 0 Å². The molecule has 0 saturated heterocycles. The zero-order chi connectivity index (χ0) is 15.9. The number of hydrogen-bond donors (Lipinski definition) is 3. The zero-order valence-corrected chi connectivity index (χ0v) is 13.2. The van der Waals surface area contributed by atoms with Crippen molar-refractivity contribution in [2.24, 2.45) is 5.73 Å². The molecule has 0 heterocycles. The standard InChI is InChI=1S/C14H23N3O3S/c1-3-4-13(9-15)17-21(19,20)14-7-5-12(6-8-14)10-16-11(2)18/h5-8,13,17H,3-4,9-10,15H2,1-2H3,(H,16,18). The number of amides is 1. The van der Waals surface area contributed by atoms with Gasteiger partial charge in [0.25, 0.3) is 0 Å². The number of hydrogen-bond acceptors (Lipinski definition) is 4. The molecule has 1 unspecified atom stereocenters. The zero-order valence-electron chi connectivity index (χ0n) is 12.4. The molecule has 1 aromatic rings. The molecule has 6 nitrogen and oxygen atoms in total. The fraction of sp³-hybridized carbons (Fsp3) is 0.500. The Kier molecular flexibility index (Phi) is 6.80. The number of carbonyl (C=O) groups is 1. The van der Waals surface area contributed by atoms with Crippen molar-refractivity contribution in [3.63, 3.8) is 0 Å². The third-order valence-corrected chi connectivity index (χ3v) is 4.55. The molecular weight excluding hydrogens is 290 g/mol. The monoisotopic (exact) mass is 313 g/mol. The number of carbonyl (C=O) groups excluding carboxylic acids is 1. The van der Waals surface area contributed by atoms with E-state index in [0.717, 1.165) is 12.0 Å². The molecule has 0 saturated carbocycles. The summed E-state index contributed by atoms with van der Waals surface area (Å²) in [5.74, 6) is -0.126. The second-order valence-electron chi connectivity index (χ2n) is 4.90. The lowest BCUT2D eigenvalue weighted by Gasteiger charge is -2.16. The van der Waals surface area contributed by atoms with E-state index in [2.05, 4.69) is 10.0 Å². The summed E-state index contributed by atoms with van der Waals surface area (Å²) in [5.41, 5.74) is 6.41. The van der Waals surface area contributed by atoms with Crippen molar-refractivity contribution in [3.8, 4) is 0 Å². The van der Waals surface area contributed by atoms with Crippen LogP contribution >= 0.6 is 0 Å². The summed E-state index contributed by atoms with van der Waals surface area (Å²) >= 11 is 0. The summed E-state index contributed by atoms with van der Waals surface area (Å²) in [7, 11) is -3.56. The molecule has 0 aromatic heterocycles. The van der Waals surface area contributed by atoms with E-state index in [-0.39, 0.29) is 23.4 Å². The van der Waals surface area contributed by atoms with Crippen molar-refractivity contribution in [1.29, 1.82) is 0 Å². The summed E-state index contributed by atoms with van der Waals surface area (Å²) in [6, 6.07) is 6.17. The van der Waals surface area contributed by atoms with E-state index < -0.39 is 10.0 Å². The minimum Gasteiger partial charge on any atom is -0.352 e. The van der Waals surface area contributed by atoms with Crippen molar-refractivity contribution in [2.45, 2.75) is 44.2 Å². The van der Waals surface area contributed by atoms with E-state index in [1.165, 1.54) is 19.1 Å². The van der Waals surface area contributed by atoms with Crippen molar-refractivity contribution >= 4 is 15.9 Å². The maximum Gasteiger partial charge on any atom is 0.240 e. The van der Waals surface area contributed by atoms with Gasteiger partial charge >= 0.3 is 0 Å². The molecule has 0 aliphatic heterocycles. The third-order valence-electron chi connectivity index (χ3n) is 3.02. The molecule has 0 spiro atoms. The largest absolute Gasteiger partial charge is 0.352 e. The number of benzene rings is 1. The van der Waals surface area contributed by atoms with Crippen molar-refractivity contribution < 1.29 is 13.2 Å². The van der Waals surface area contributed by atoms with Crippen LogP contribution in [-0.2, 0) is 21.4 Å². The van der Waals surface area contributed by atoms with E-state index in [1.54, 1.807) is 12.1 Å². The molecule has 1 aromatic carbocycles. The predicted molar refractivity (Wildman–Crippen MR) is 82.0 cm³/mol. The van der Waals surface area contributed by atoms with Gasteiger partial charge in [-0.3, -0.25) is 4.79 Å². The van der Waals surface area contributed by atoms with Crippen LogP contribution < -0.4 is 15.8 Å². The highest BCUT2D eigenvalue weighted by molar-refractivity contribution is 7.89. The number of nitrogens with two attached hydrogens (primary N) is 1. The van der Waals surface area contributed by atoms with E-state index in [0.29, 0.717) is 13.0 Å². The fourth-order valence-electron chi connectivity index (χ4n) is 1.87. The average Bonchev–Trinajstić information content (AvgIpc) is 2.45. The van der Waals surface area contributed by atoms with Crippen molar-refractivity contribution in [3.05, 3.63) is 29.8 Å². The van der Waals surface area contributed by atoms with Gasteiger partial charge in [-0.15, -0.1) is 0 Å². The fourth-order valence-corrected chi connectivity index (χ4v) is 3.16. The first kappa shape index (κ1) is 17.6. The van der Waals surface area contributed by atoms with Crippen LogP contribution in [0.2, 0.25) is 0 Å². The summed E-state index contributed by atoms with van der Waals surface area (Å²) < 4.78 is 27.0. The molecule has 118 valence electrons. The number of nitrogens with one attached hydrogen (secondary N) is 2. The van der Waals surface area contributed by atoms with Gasteiger partial charge in [-0.2, -0.15) is 0 Å². The van der Waals surface area contributed by atoms with Gasteiger partial charge in [0.05, 0.1) is 4.90 Å². The Morgan fingerprint density at radius 1 is 1.29 bits per heavy atom. The molecule has 1 rings (SSSR count). The maximum atomic E-state index is 12.2. The number of sulfonamides is 1. The highest BCUT2D eigenvalue weighted by Crippen LogP contribution is 2.12. The highest BCUT2D eigenvalue weighted by atomic mass is 32.2. The molecule has 1 amide bonds. The van der Waals surface area contributed by atoms with Gasteiger partial charge in [-0.25, -0.2) is 13.1 Å². The first-order valence-corrected chi connectivity index (χ1v) is 8.43. The van der Waals surface area contributed by atoms with Crippen LogP contribution in [0.25, 0.3) is 0 Å². The van der Waals surface area contributed by atoms with Gasteiger partial charge in [-0.1, -0.05) is 25.5 Å². The smallest absolute Gasteiger partial charge is 0.240 e. The molecule has 0 radical (unpaired) electrons. The Morgan fingerprint density at radius 2 is 1.90 bits per heavy atom. The molecule has 7 heteroatoms. The summed E-state index contributed by atoms with van der Waals surface area (Å²) in [5, 5.41) is 2.66. The minimum absolute atomic E-state index is 0.126. The molecule has 21 heavy (non-hydrogen) atoms. The lowest BCUT2D eigenvalue weighted by molar-refractivity contribution is -0.119. The lowest BCUT2D eigenvalue weighted by atomic mass is 10.2. The van der Waals surface area contributed by atoms with Crippen LogP contribution in [0.5, 0.6) is 0 Å². The summed E-state index contributed by atoms with van der Waals surface area (Å²) in [6.07, 6.45) is 1.57. The molecule has 0 fully saturated rings. The Labute approximate surface area is 126 Å². The van der Waals surface area contributed by atoms with E-state index in [1.807, 2.05) is 6.92 Å². The van der Waals surface area contributed by atoms with Crippen LogP contribution in [0.15, 0.2) is 29.2 Å². The lowest BCUT2D eigenvalue weighted by Crippen LogP contribution is -2.39. The predicted octanol–water partition coefficient (Wildman–Crippen LogP) is 0.728. The first-order valence-electron chi connectivity index (χ1n) is 6.94. The van der Waals surface area contributed by atoms with Gasteiger partial charge < -0.3 is 11.1 Å². The molecule has 0 bridgehead atoms. The van der Waals surface area contributed by atoms with Gasteiger partial charge in [0.1, 0.15) is 0 Å². The second kappa shape index (κ2) is 8.11. The summed E-state index contributed by atoms with van der Waals surface area (Å²) in [4.78, 5) is 11.0. The van der Waals surface area contributed by atoms with Crippen LogP contribution in [0.1, 0.15) is 32.3 Å². The Hall–Kier alpha value is -1.44. The maximum absolute atomic E-state index is 12.2. The van der Waals surface area contributed by atoms with Crippen LogP contribution in [0, 0.1) is 0 Å². The quantitative estimate of drug-likeness (QED) is 0.658. The van der Waals surface area contributed by atoms with E-state index in [4.69, 9.17) is 5.73 Å². The van der Waals surface area contributed by atoms with Gasteiger partial charge in [0.2, 0.25) is 15.9 Å². The average molecular weight is 313 g/mol. The molecule has 1 atom stereocenters. The van der Waals surface area contributed by atoms with Gasteiger partial charge in [0, 0.05) is 26.1 Å². The highest BCUT2D eigenvalue weighted by Gasteiger charge is 2.18. The number of rotatable bonds is 8. The van der Waals surface area contributed by atoms with E-state index >= 15 is 0 Å². The van der Waals surface area contributed by atoms with Crippen LogP contribution in [0.3, 0.4) is 0 Å². The summed E-state index contributed by atoms with van der Waals surface area (Å²) in [6.45, 7) is 4.06. The van der Waals surface area contributed by atoms with Crippen molar-refractivity contribution in [2.75, 3.05) is 6.54 Å². The Bertz CT molecular complexity index is 555. The minimum atomic E-state index is -3.56. The SMILES string of the molecule is CCCC(CN)NS(=O)(=O)c1ccc(CNC(C)=O)cc1. The second-order valence-corrected chi connectivity index (χ2v) is 6.61. The Morgan fingerprint density at radius 3 is 2.38 bits per heavy atom. The Balaban J connectivity index is 2.77. The van der Waals surface area contributed by atoms with E-state index in [9.17, 15) is 13.2 Å². The molecule has 0 aliphatic carbocycles. The molecular formula is C14H23N3O3S. The molecule has 0 aliphatic rings. The van der Waals surface area contributed by atoms with Crippen LogP contribution in [-0.4, -0.2) is 26.9 Å². The van der Waals surface area contributed by atoms with Gasteiger partial charge in [0.15, 0.2) is 0 Å². The third kappa shape index (κ3) is 5.82.